The number of nitrogens with one attached hydrogen (secondary N) is 1. The minimum atomic E-state index is -0.298. The van der Waals surface area contributed by atoms with Crippen LogP contribution >= 0.6 is 11.8 Å². The Morgan fingerprint density at radius 1 is 1.30 bits per heavy atom. The van der Waals surface area contributed by atoms with Crippen molar-refractivity contribution in [1.29, 1.82) is 5.26 Å². The van der Waals surface area contributed by atoms with Crippen molar-refractivity contribution >= 4 is 23.4 Å². The molecule has 0 saturated heterocycles. The molecule has 0 radical (unpaired) electrons. The van der Waals surface area contributed by atoms with E-state index in [9.17, 15) is 4.79 Å². The molecular formula is C19H16N4O3S. The van der Waals surface area contributed by atoms with Gasteiger partial charge in [0.25, 0.3) is 5.91 Å². The number of carbonyl (C=O) groups is 1. The quantitative estimate of drug-likeness (QED) is 0.511. The Bertz CT molecular complexity index is 979. The normalized spacial score (nSPS) is 10.3. The van der Waals surface area contributed by atoms with Crippen LogP contribution in [0.15, 0.2) is 52.1 Å². The molecule has 0 aliphatic heterocycles. The van der Waals surface area contributed by atoms with Gasteiger partial charge in [0, 0.05) is 5.69 Å². The van der Waals surface area contributed by atoms with Crippen molar-refractivity contribution in [3.8, 4) is 23.4 Å². The zero-order valence-electron chi connectivity index (χ0n) is 14.7. The SMILES string of the molecule is CSc1nc(-c2ccco2)nc(C)c1C(=O)Nc1ccc(OCC#N)cc1. The molecule has 1 N–H and O–H groups in total. The third-order valence-electron chi connectivity index (χ3n) is 3.63. The maximum Gasteiger partial charge on any atom is 0.260 e. The minimum Gasteiger partial charge on any atom is -0.479 e. The summed E-state index contributed by atoms with van der Waals surface area (Å²) in [6.07, 6.45) is 3.41. The average Bonchev–Trinajstić information content (AvgIpc) is 3.21. The second-order valence-corrected chi connectivity index (χ2v) is 6.21. The summed E-state index contributed by atoms with van der Waals surface area (Å²) < 4.78 is 10.5. The highest BCUT2D eigenvalue weighted by Gasteiger charge is 2.20. The molecule has 8 heteroatoms. The van der Waals surface area contributed by atoms with Crippen LogP contribution in [0.1, 0.15) is 16.1 Å². The van der Waals surface area contributed by atoms with Crippen molar-refractivity contribution in [1.82, 2.24) is 9.97 Å². The van der Waals surface area contributed by atoms with Crippen LogP contribution in [0, 0.1) is 18.3 Å². The Labute approximate surface area is 160 Å². The van der Waals surface area contributed by atoms with E-state index in [1.165, 1.54) is 11.8 Å². The van der Waals surface area contributed by atoms with E-state index in [0.29, 0.717) is 39.3 Å². The number of benzene rings is 1. The van der Waals surface area contributed by atoms with E-state index in [1.54, 1.807) is 49.6 Å². The summed E-state index contributed by atoms with van der Waals surface area (Å²) in [5, 5.41) is 11.9. The number of aryl methyl sites for hydroxylation is 1. The summed E-state index contributed by atoms with van der Waals surface area (Å²) >= 11 is 1.37. The van der Waals surface area contributed by atoms with Gasteiger partial charge in [-0.1, -0.05) is 0 Å². The fourth-order valence-corrected chi connectivity index (χ4v) is 3.04. The molecule has 0 fully saturated rings. The first-order valence-corrected chi connectivity index (χ1v) is 9.22. The van der Waals surface area contributed by atoms with Gasteiger partial charge in [0.05, 0.1) is 17.5 Å². The predicted octanol–water partition coefficient (Wildman–Crippen LogP) is 3.92. The van der Waals surface area contributed by atoms with Crippen LogP contribution in [0.2, 0.25) is 0 Å². The van der Waals surface area contributed by atoms with E-state index in [4.69, 9.17) is 14.4 Å². The number of carbonyl (C=O) groups excluding carboxylic acids is 1. The molecule has 2 heterocycles. The zero-order chi connectivity index (χ0) is 19.2. The third-order valence-corrected chi connectivity index (χ3v) is 4.32. The molecule has 0 aliphatic carbocycles. The Morgan fingerprint density at radius 3 is 2.70 bits per heavy atom. The van der Waals surface area contributed by atoms with Crippen molar-refractivity contribution in [2.45, 2.75) is 11.9 Å². The lowest BCUT2D eigenvalue weighted by molar-refractivity contribution is 0.102. The van der Waals surface area contributed by atoms with E-state index in [0.717, 1.165) is 0 Å². The number of thioether (sulfide) groups is 1. The van der Waals surface area contributed by atoms with Crippen LogP contribution in [0.3, 0.4) is 0 Å². The molecule has 1 amide bonds. The van der Waals surface area contributed by atoms with Crippen LogP contribution in [-0.2, 0) is 0 Å². The molecule has 3 aromatic rings. The summed E-state index contributed by atoms with van der Waals surface area (Å²) in [5.41, 5.74) is 1.58. The molecule has 0 aliphatic rings. The molecular weight excluding hydrogens is 364 g/mol. The number of aromatic nitrogens is 2. The van der Waals surface area contributed by atoms with Crippen LogP contribution < -0.4 is 10.1 Å². The molecule has 0 saturated carbocycles. The number of anilines is 1. The van der Waals surface area contributed by atoms with Gasteiger partial charge in [-0.3, -0.25) is 4.79 Å². The largest absolute Gasteiger partial charge is 0.479 e. The molecule has 0 atom stereocenters. The first kappa shape index (κ1) is 18.5. The highest BCUT2D eigenvalue weighted by Crippen LogP contribution is 2.26. The zero-order valence-corrected chi connectivity index (χ0v) is 15.5. The predicted molar refractivity (Wildman–Crippen MR) is 102 cm³/mol. The summed E-state index contributed by atoms with van der Waals surface area (Å²) in [5.74, 6) is 1.25. The number of furan rings is 1. The number of amides is 1. The highest BCUT2D eigenvalue weighted by molar-refractivity contribution is 7.98. The lowest BCUT2D eigenvalue weighted by Gasteiger charge is -2.12. The van der Waals surface area contributed by atoms with E-state index in [-0.39, 0.29) is 12.5 Å². The van der Waals surface area contributed by atoms with Crippen molar-refractivity contribution < 1.29 is 13.9 Å². The van der Waals surface area contributed by atoms with Gasteiger partial charge in [0.15, 0.2) is 18.2 Å². The number of nitriles is 1. The molecule has 0 bridgehead atoms. The van der Waals surface area contributed by atoms with Gasteiger partial charge in [-0.05, 0) is 49.6 Å². The summed E-state index contributed by atoms with van der Waals surface area (Å²) in [4.78, 5) is 21.6. The Balaban J connectivity index is 1.83. The first-order chi connectivity index (χ1) is 13.1. The summed E-state index contributed by atoms with van der Waals surface area (Å²) in [6.45, 7) is 1.74. The van der Waals surface area contributed by atoms with Crippen molar-refractivity contribution in [2.75, 3.05) is 18.2 Å². The van der Waals surface area contributed by atoms with Gasteiger partial charge in [0.2, 0.25) is 0 Å². The first-order valence-electron chi connectivity index (χ1n) is 8.00. The number of hydrogen-bond donors (Lipinski definition) is 1. The fourth-order valence-electron chi connectivity index (χ4n) is 2.42. The van der Waals surface area contributed by atoms with Crippen LogP contribution in [0.25, 0.3) is 11.6 Å². The topological polar surface area (TPSA) is 101 Å². The van der Waals surface area contributed by atoms with E-state index in [2.05, 4.69) is 15.3 Å². The van der Waals surface area contributed by atoms with Gasteiger partial charge in [-0.2, -0.15) is 5.26 Å². The molecule has 0 unspecified atom stereocenters. The Morgan fingerprint density at radius 2 is 2.07 bits per heavy atom. The van der Waals surface area contributed by atoms with Gasteiger partial charge < -0.3 is 14.5 Å². The Kier molecular flexibility index (Phi) is 5.74. The molecule has 0 spiro atoms. The van der Waals surface area contributed by atoms with Gasteiger partial charge in [0.1, 0.15) is 16.8 Å². The van der Waals surface area contributed by atoms with E-state index < -0.39 is 0 Å². The van der Waals surface area contributed by atoms with Crippen molar-refractivity contribution in [2.24, 2.45) is 0 Å². The molecule has 7 nitrogen and oxygen atoms in total. The summed E-state index contributed by atoms with van der Waals surface area (Å²) in [6, 6.07) is 12.2. The molecule has 136 valence electrons. The lowest BCUT2D eigenvalue weighted by atomic mass is 10.2. The number of nitrogens with zero attached hydrogens (tertiary/aromatic N) is 3. The van der Waals surface area contributed by atoms with Crippen LogP contribution in [0.5, 0.6) is 5.75 Å². The minimum absolute atomic E-state index is 0.0264. The standard InChI is InChI=1S/C19H16N4O3S/c1-12-16(19(27-2)23-17(21-12)15-4-3-10-26-15)18(24)22-13-5-7-14(8-6-13)25-11-9-20/h3-8,10H,11H2,1-2H3,(H,22,24). The summed E-state index contributed by atoms with van der Waals surface area (Å²) in [7, 11) is 0. The molecule has 2 aromatic heterocycles. The van der Waals surface area contributed by atoms with Crippen LogP contribution in [0.4, 0.5) is 5.69 Å². The lowest BCUT2D eigenvalue weighted by Crippen LogP contribution is -2.16. The Hall–Kier alpha value is -3.31. The smallest absolute Gasteiger partial charge is 0.260 e. The molecule has 1 aromatic carbocycles. The number of rotatable bonds is 6. The second-order valence-electron chi connectivity index (χ2n) is 5.42. The van der Waals surface area contributed by atoms with E-state index in [1.807, 2.05) is 12.3 Å². The fraction of sp³-hybridized carbons (Fsp3) is 0.158. The molecule has 27 heavy (non-hydrogen) atoms. The van der Waals surface area contributed by atoms with Gasteiger partial charge in [-0.15, -0.1) is 11.8 Å². The van der Waals surface area contributed by atoms with Crippen molar-refractivity contribution in [3.63, 3.8) is 0 Å². The van der Waals surface area contributed by atoms with Gasteiger partial charge >= 0.3 is 0 Å². The average molecular weight is 380 g/mol. The monoisotopic (exact) mass is 380 g/mol. The number of hydrogen-bond acceptors (Lipinski definition) is 7. The third kappa shape index (κ3) is 4.27. The highest BCUT2D eigenvalue weighted by atomic mass is 32.2. The van der Waals surface area contributed by atoms with Crippen molar-refractivity contribution in [3.05, 3.63) is 53.9 Å². The maximum absolute atomic E-state index is 12.8. The van der Waals surface area contributed by atoms with E-state index >= 15 is 0 Å². The maximum atomic E-state index is 12.8. The molecule has 3 rings (SSSR count). The van der Waals surface area contributed by atoms with Crippen LogP contribution in [-0.4, -0.2) is 28.7 Å². The second kappa shape index (κ2) is 8.38. The number of ether oxygens (including phenoxy) is 1. The van der Waals surface area contributed by atoms with Gasteiger partial charge in [-0.25, -0.2) is 9.97 Å².